The third-order valence-corrected chi connectivity index (χ3v) is 2.43. The lowest BCUT2D eigenvalue weighted by atomic mass is 10.2. The van der Waals surface area contributed by atoms with E-state index in [2.05, 4.69) is 18.9 Å². The van der Waals surface area contributed by atoms with Crippen LogP contribution in [0.5, 0.6) is 0 Å². The van der Waals surface area contributed by atoms with Crippen LogP contribution in [-0.2, 0) is 0 Å². The second-order valence-electron chi connectivity index (χ2n) is 3.63. The summed E-state index contributed by atoms with van der Waals surface area (Å²) in [5.41, 5.74) is 0. The third-order valence-electron chi connectivity index (χ3n) is 2.43. The Labute approximate surface area is 70.8 Å². The number of nitrogens with zero attached hydrogens (tertiary/aromatic N) is 1. The smallest absolute Gasteiger partial charge is 0.00933 e. The SMILES string of the molecule is [CH2]CCCCCN(C)C1CC1. The van der Waals surface area contributed by atoms with Gasteiger partial charge < -0.3 is 4.90 Å². The minimum atomic E-state index is 0.940. The molecule has 0 aromatic carbocycles. The van der Waals surface area contributed by atoms with E-state index in [0.717, 1.165) is 12.5 Å². The maximum absolute atomic E-state index is 3.84. The summed E-state index contributed by atoms with van der Waals surface area (Å²) in [6, 6.07) is 0.940. The highest BCUT2D eigenvalue weighted by Gasteiger charge is 2.25. The van der Waals surface area contributed by atoms with Crippen LogP contribution >= 0.6 is 0 Å². The van der Waals surface area contributed by atoms with E-state index < -0.39 is 0 Å². The van der Waals surface area contributed by atoms with Gasteiger partial charge in [-0.1, -0.05) is 26.2 Å². The van der Waals surface area contributed by atoms with E-state index in [9.17, 15) is 0 Å². The van der Waals surface area contributed by atoms with Gasteiger partial charge in [0.2, 0.25) is 0 Å². The summed E-state index contributed by atoms with van der Waals surface area (Å²) in [6.45, 7) is 5.13. The van der Waals surface area contributed by atoms with Gasteiger partial charge in [0.25, 0.3) is 0 Å². The Kier molecular flexibility index (Phi) is 3.92. The average Bonchev–Trinajstić information content (AvgIpc) is 2.79. The molecule has 0 aromatic heterocycles. The van der Waals surface area contributed by atoms with E-state index >= 15 is 0 Å². The Morgan fingerprint density at radius 1 is 1.27 bits per heavy atom. The van der Waals surface area contributed by atoms with Crippen molar-refractivity contribution in [3.05, 3.63) is 6.92 Å². The van der Waals surface area contributed by atoms with Crippen molar-refractivity contribution in [1.82, 2.24) is 4.90 Å². The Hall–Kier alpha value is -0.0400. The van der Waals surface area contributed by atoms with E-state index in [-0.39, 0.29) is 0 Å². The fourth-order valence-electron chi connectivity index (χ4n) is 1.41. The van der Waals surface area contributed by atoms with Gasteiger partial charge in [-0.15, -0.1) is 0 Å². The van der Waals surface area contributed by atoms with Crippen LogP contribution in [0.2, 0.25) is 0 Å². The number of hydrogen-bond acceptors (Lipinski definition) is 1. The molecule has 1 aliphatic carbocycles. The van der Waals surface area contributed by atoms with Crippen LogP contribution in [0, 0.1) is 6.92 Å². The summed E-state index contributed by atoms with van der Waals surface area (Å²) in [5, 5.41) is 0. The molecule has 0 atom stereocenters. The number of unbranched alkanes of at least 4 members (excludes halogenated alkanes) is 3. The topological polar surface area (TPSA) is 3.24 Å². The largest absolute Gasteiger partial charge is 0.303 e. The van der Waals surface area contributed by atoms with Crippen molar-refractivity contribution >= 4 is 0 Å². The molecule has 1 saturated carbocycles. The van der Waals surface area contributed by atoms with Gasteiger partial charge in [0, 0.05) is 6.04 Å². The first-order chi connectivity index (χ1) is 5.34. The van der Waals surface area contributed by atoms with Crippen LogP contribution in [0.4, 0.5) is 0 Å². The fourth-order valence-corrected chi connectivity index (χ4v) is 1.41. The van der Waals surface area contributed by atoms with Crippen LogP contribution < -0.4 is 0 Å². The lowest BCUT2D eigenvalue weighted by Crippen LogP contribution is -2.21. The Morgan fingerprint density at radius 3 is 2.55 bits per heavy atom. The molecule has 65 valence electrons. The van der Waals surface area contributed by atoms with Crippen LogP contribution in [-0.4, -0.2) is 24.5 Å². The molecule has 11 heavy (non-hydrogen) atoms. The van der Waals surface area contributed by atoms with Gasteiger partial charge in [-0.05, 0) is 32.9 Å². The first-order valence-corrected chi connectivity index (χ1v) is 4.84. The maximum atomic E-state index is 3.84. The Balaban J connectivity index is 1.85. The highest BCUT2D eigenvalue weighted by molar-refractivity contribution is 4.81. The van der Waals surface area contributed by atoms with Crippen molar-refractivity contribution in [2.45, 2.75) is 44.6 Å². The minimum absolute atomic E-state index is 0.940. The van der Waals surface area contributed by atoms with Crippen LogP contribution in [0.1, 0.15) is 38.5 Å². The normalized spacial score (nSPS) is 17.7. The van der Waals surface area contributed by atoms with Crippen molar-refractivity contribution in [2.24, 2.45) is 0 Å². The third kappa shape index (κ3) is 3.76. The molecule has 0 aromatic rings. The van der Waals surface area contributed by atoms with E-state index in [1.54, 1.807) is 0 Å². The molecular formula is C10H20N. The average molecular weight is 154 g/mol. The van der Waals surface area contributed by atoms with Gasteiger partial charge in [-0.3, -0.25) is 0 Å². The fraction of sp³-hybridized carbons (Fsp3) is 0.900. The molecule has 1 nitrogen and oxygen atoms in total. The quantitative estimate of drug-likeness (QED) is 0.531. The van der Waals surface area contributed by atoms with Gasteiger partial charge in [-0.25, -0.2) is 0 Å². The molecule has 0 heterocycles. The summed E-state index contributed by atoms with van der Waals surface area (Å²) in [6.07, 6.45) is 8.01. The standard InChI is InChI=1S/C10H20N/c1-3-4-5-6-9-11(2)10-7-8-10/h10H,1,3-9H2,2H3. The zero-order chi connectivity index (χ0) is 8.10. The van der Waals surface area contributed by atoms with Crippen molar-refractivity contribution in [2.75, 3.05) is 13.6 Å². The first kappa shape index (κ1) is 9.05. The molecular weight excluding hydrogens is 134 g/mol. The Bertz CT molecular complexity index is 97.0. The lowest BCUT2D eigenvalue weighted by molar-refractivity contribution is 0.315. The molecule has 0 amide bonds. The molecule has 1 heteroatoms. The zero-order valence-corrected chi connectivity index (χ0v) is 7.68. The molecule has 0 bridgehead atoms. The van der Waals surface area contributed by atoms with Crippen LogP contribution in [0.3, 0.4) is 0 Å². The molecule has 1 rings (SSSR count). The van der Waals surface area contributed by atoms with Gasteiger partial charge >= 0.3 is 0 Å². The summed E-state index contributed by atoms with van der Waals surface area (Å²) in [5.74, 6) is 0. The monoisotopic (exact) mass is 154 g/mol. The maximum Gasteiger partial charge on any atom is 0.00933 e. The number of rotatable bonds is 6. The first-order valence-electron chi connectivity index (χ1n) is 4.84. The molecule has 0 aliphatic heterocycles. The van der Waals surface area contributed by atoms with Gasteiger partial charge in [0.1, 0.15) is 0 Å². The van der Waals surface area contributed by atoms with Crippen molar-refractivity contribution in [3.8, 4) is 0 Å². The molecule has 0 saturated heterocycles. The van der Waals surface area contributed by atoms with Crippen molar-refractivity contribution < 1.29 is 0 Å². The second-order valence-corrected chi connectivity index (χ2v) is 3.63. The second kappa shape index (κ2) is 4.76. The highest BCUT2D eigenvalue weighted by atomic mass is 15.1. The predicted octanol–water partition coefficient (Wildman–Crippen LogP) is 2.48. The van der Waals surface area contributed by atoms with Crippen molar-refractivity contribution in [1.29, 1.82) is 0 Å². The molecule has 1 aliphatic rings. The predicted molar refractivity (Wildman–Crippen MR) is 49.5 cm³/mol. The van der Waals surface area contributed by atoms with Crippen molar-refractivity contribution in [3.63, 3.8) is 0 Å². The summed E-state index contributed by atoms with van der Waals surface area (Å²) >= 11 is 0. The number of hydrogen-bond donors (Lipinski definition) is 0. The van der Waals surface area contributed by atoms with Gasteiger partial charge in [-0.2, -0.15) is 0 Å². The molecule has 0 spiro atoms. The van der Waals surface area contributed by atoms with Gasteiger partial charge in [0.15, 0.2) is 0 Å². The molecule has 0 unspecified atom stereocenters. The summed E-state index contributed by atoms with van der Waals surface area (Å²) in [7, 11) is 2.25. The molecule has 1 radical (unpaired) electrons. The lowest BCUT2D eigenvalue weighted by Gasteiger charge is -2.14. The van der Waals surface area contributed by atoms with E-state index in [0.29, 0.717) is 0 Å². The Morgan fingerprint density at radius 2 is 2.00 bits per heavy atom. The summed E-state index contributed by atoms with van der Waals surface area (Å²) < 4.78 is 0. The molecule has 0 N–H and O–H groups in total. The highest BCUT2D eigenvalue weighted by Crippen LogP contribution is 2.25. The van der Waals surface area contributed by atoms with Crippen LogP contribution in [0.15, 0.2) is 0 Å². The van der Waals surface area contributed by atoms with Crippen LogP contribution in [0.25, 0.3) is 0 Å². The van der Waals surface area contributed by atoms with E-state index in [1.165, 1.54) is 38.6 Å². The van der Waals surface area contributed by atoms with E-state index in [1.807, 2.05) is 0 Å². The minimum Gasteiger partial charge on any atom is -0.303 e. The molecule has 1 fully saturated rings. The van der Waals surface area contributed by atoms with E-state index in [4.69, 9.17) is 0 Å². The zero-order valence-electron chi connectivity index (χ0n) is 7.68. The summed E-state index contributed by atoms with van der Waals surface area (Å²) in [4.78, 5) is 2.50. The van der Waals surface area contributed by atoms with Gasteiger partial charge in [0.05, 0.1) is 0 Å².